The van der Waals surface area contributed by atoms with Gasteiger partial charge in [0.2, 0.25) is 10.0 Å². The third-order valence-electron chi connectivity index (χ3n) is 1.71. The van der Waals surface area contributed by atoms with Crippen LogP contribution >= 0.6 is 0 Å². The minimum Gasteiger partial charge on any atom is -0.229 e. The molecule has 3 nitrogen and oxygen atoms in total. The summed E-state index contributed by atoms with van der Waals surface area (Å²) in [5.74, 6) is -3.74. The fraction of sp³-hybridized carbons (Fsp3) is 1.00. The van der Waals surface area contributed by atoms with E-state index < -0.39 is 21.9 Å². The average Bonchev–Trinajstić information content (AvgIpc) is 2.33. The highest BCUT2D eigenvalue weighted by Crippen LogP contribution is 2.50. The number of nitrogens with two attached hydrogens (primary N) is 1. The third kappa shape index (κ3) is 2.70. The molecule has 0 aromatic rings. The standard InChI is InChI=1S/C5H9F2NO2S/c6-5(7)3-4(5)1-2-11(8,9)10/h4H,1-3H2,(H2,8,9,10). The lowest BCUT2D eigenvalue weighted by molar-refractivity contribution is 0.0983. The molecule has 1 aliphatic carbocycles. The van der Waals surface area contributed by atoms with Crippen LogP contribution in [0.1, 0.15) is 12.8 Å². The van der Waals surface area contributed by atoms with Gasteiger partial charge in [0.15, 0.2) is 0 Å². The van der Waals surface area contributed by atoms with Crippen molar-refractivity contribution in [1.29, 1.82) is 0 Å². The van der Waals surface area contributed by atoms with E-state index in [-0.39, 0.29) is 18.6 Å². The molecule has 11 heavy (non-hydrogen) atoms. The van der Waals surface area contributed by atoms with Crippen molar-refractivity contribution < 1.29 is 17.2 Å². The molecule has 0 aliphatic heterocycles. The lowest BCUT2D eigenvalue weighted by atomic mass is 10.3. The van der Waals surface area contributed by atoms with E-state index in [0.29, 0.717) is 0 Å². The summed E-state index contributed by atoms with van der Waals surface area (Å²) in [7, 11) is -3.56. The van der Waals surface area contributed by atoms with Crippen LogP contribution in [0.25, 0.3) is 0 Å². The second-order valence-electron chi connectivity index (χ2n) is 2.82. The van der Waals surface area contributed by atoms with Crippen LogP contribution in [0.2, 0.25) is 0 Å². The number of hydrogen-bond donors (Lipinski definition) is 1. The Bertz CT molecular complexity index is 249. The molecule has 1 aliphatic rings. The van der Waals surface area contributed by atoms with Crippen LogP contribution in [-0.4, -0.2) is 20.1 Å². The van der Waals surface area contributed by atoms with Gasteiger partial charge in [-0.3, -0.25) is 0 Å². The van der Waals surface area contributed by atoms with Gasteiger partial charge < -0.3 is 0 Å². The Balaban J connectivity index is 2.27. The topological polar surface area (TPSA) is 60.2 Å². The number of sulfonamides is 1. The molecule has 0 spiro atoms. The molecule has 0 amide bonds. The fourth-order valence-corrected chi connectivity index (χ4v) is 1.50. The molecule has 1 unspecified atom stereocenters. The van der Waals surface area contributed by atoms with Crippen LogP contribution in [0.5, 0.6) is 0 Å². The van der Waals surface area contributed by atoms with Crippen molar-refractivity contribution in [2.24, 2.45) is 11.1 Å². The number of halogens is 2. The van der Waals surface area contributed by atoms with Gasteiger partial charge in [0, 0.05) is 12.3 Å². The Morgan fingerprint density at radius 2 is 2.00 bits per heavy atom. The van der Waals surface area contributed by atoms with E-state index in [9.17, 15) is 17.2 Å². The zero-order valence-electron chi connectivity index (χ0n) is 5.76. The van der Waals surface area contributed by atoms with E-state index in [0.717, 1.165) is 0 Å². The lowest BCUT2D eigenvalue weighted by Crippen LogP contribution is -2.17. The van der Waals surface area contributed by atoms with Gasteiger partial charge in [0.05, 0.1) is 5.75 Å². The van der Waals surface area contributed by atoms with Gasteiger partial charge in [-0.05, 0) is 6.42 Å². The van der Waals surface area contributed by atoms with Crippen LogP contribution in [0.3, 0.4) is 0 Å². The van der Waals surface area contributed by atoms with Crippen LogP contribution in [0.4, 0.5) is 8.78 Å². The summed E-state index contributed by atoms with van der Waals surface area (Å²) in [6, 6.07) is 0. The summed E-state index contributed by atoms with van der Waals surface area (Å²) in [5.41, 5.74) is 0. The van der Waals surface area contributed by atoms with Crippen LogP contribution in [-0.2, 0) is 10.0 Å². The summed E-state index contributed by atoms with van der Waals surface area (Å²) < 4.78 is 44.9. The maximum atomic E-state index is 12.1. The lowest BCUT2D eigenvalue weighted by Gasteiger charge is -1.95. The van der Waals surface area contributed by atoms with E-state index in [1.807, 2.05) is 0 Å². The smallest absolute Gasteiger partial charge is 0.229 e. The molecular weight excluding hydrogens is 176 g/mol. The largest absolute Gasteiger partial charge is 0.251 e. The maximum absolute atomic E-state index is 12.1. The first-order valence-corrected chi connectivity index (χ1v) is 4.91. The molecule has 0 saturated heterocycles. The van der Waals surface area contributed by atoms with Crippen LogP contribution in [0.15, 0.2) is 0 Å². The first-order chi connectivity index (χ1) is 4.81. The van der Waals surface area contributed by atoms with Crippen molar-refractivity contribution in [3.63, 3.8) is 0 Å². The molecule has 0 bridgehead atoms. The molecule has 6 heteroatoms. The minimum atomic E-state index is -3.56. The summed E-state index contributed by atoms with van der Waals surface area (Å²) in [6.45, 7) is 0. The van der Waals surface area contributed by atoms with Gasteiger partial charge in [-0.15, -0.1) is 0 Å². The van der Waals surface area contributed by atoms with Crippen molar-refractivity contribution in [3.8, 4) is 0 Å². The quantitative estimate of drug-likeness (QED) is 0.688. The zero-order valence-corrected chi connectivity index (χ0v) is 6.57. The van der Waals surface area contributed by atoms with Gasteiger partial charge in [0.1, 0.15) is 0 Å². The monoisotopic (exact) mass is 185 g/mol. The van der Waals surface area contributed by atoms with Crippen molar-refractivity contribution in [3.05, 3.63) is 0 Å². The molecule has 0 aromatic heterocycles. The van der Waals surface area contributed by atoms with Crippen molar-refractivity contribution in [1.82, 2.24) is 0 Å². The van der Waals surface area contributed by atoms with Gasteiger partial charge >= 0.3 is 0 Å². The first kappa shape index (κ1) is 8.86. The second-order valence-corrected chi connectivity index (χ2v) is 4.55. The Labute approximate surface area is 63.6 Å². The first-order valence-electron chi connectivity index (χ1n) is 3.19. The fourth-order valence-electron chi connectivity index (χ4n) is 0.889. The van der Waals surface area contributed by atoms with Crippen LogP contribution < -0.4 is 5.14 Å². The zero-order chi connectivity index (χ0) is 8.70. The number of primary sulfonamides is 1. The SMILES string of the molecule is NS(=O)(=O)CCC1CC1(F)F. The highest BCUT2D eigenvalue weighted by molar-refractivity contribution is 7.89. The van der Waals surface area contributed by atoms with Crippen molar-refractivity contribution in [2.45, 2.75) is 18.8 Å². The Kier molecular flexibility index (Phi) is 1.92. The summed E-state index contributed by atoms with van der Waals surface area (Å²) >= 11 is 0. The Morgan fingerprint density at radius 3 is 2.27 bits per heavy atom. The number of alkyl halides is 2. The van der Waals surface area contributed by atoms with E-state index in [4.69, 9.17) is 0 Å². The summed E-state index contributed by atoms with van der Waals surface area (Å²) in [4.78, 5) is 0. The van der Waals surface area contributed by atoms with Crippen LogP contribution in [0, 0.1) is 5.92 Å². The predicted octanol–water partition coefficient (Wildman–Crippen LogP) is 0.320. The molecule has 0 heterocycles. The Morgan fingerprint density at radius 1 is 1.55 bits per heavy atom. The van der Waals surface area contributed by atoms with E-state index in [1.54, 1.807) is 0 Å². The molecule has 1 rings (SSSR count). The van der Waals surface area contributed by atoms with Gasteiger partial charge in [-0.2, -0.15) is 0 Å². The summed E-state index contributed by atoms with van der Waals surface area (Å²) in [6.07, 6.45) is -0.214. The molecule has 2 N–H and O–H groups in total. The Hall–Kier alpha value is -0.230. The highest BCUT2D eigenvalue weighted by Gasteiger charge is 2.56. The number of rotatable bonds is 3. The van der Waals surface area contributed by atoms with E-state index in [1.165, 1.54) is 0 Å². The maximum Gasteiger partial charge on any atom is 0.251 e. The molecule has 1 atom stereocenters. The van der Waals surface area contributed by atoms with Gasteiger partial charge in [-0.1, -0.05) is 0 Å². The molecule has 0 radical (unpaired) electrons. The van der Waals surface area contributed by atoms with Gasteiger partial charge in [0.25, 0.3) is 5.92 Å². The second kappa shape index (κ2) is 2.38. The third-order valence-corrected chi connectivity index (χ3v) is 2.51. The predicted molar refractivity (Wildman–Crippen MR) is 35.6 cm³/mol. The summed E-state index contributed by atoms with van der Waals surface area (Å²) in [5, 5.41) is 4.63. The molecule has 0 aromatic carbocycles. The molecule has 1 saturated carbocycles. The van der Waals surface area contributed by atoms with Crippen molar-refractivity contribution in [2.75, 3.05) is 5.75 Å². The van der Waals surface area contributed by atoms with Gasteiger partial charge in [-0.25, -0.2) is 22.3 Å². The highest BCUT2D eigenvalue weighted by atomic mass is 32.2. The normalized spacial score (nSPS) is 28.5. The minimum absolute atomic E-state index is 0.0220. The average molecular weight is 185 g/mol. The molecule has 1 fully saturated rings. The van der Waals surface area contributed by atoms with Crippen molar-refractivity contribution >= 4 is 10.0 Å². The molecular formula is C5H9F2NO2S. The number of hydrogen-bond acceptors (Lipinski definition) is 2. The molecule has 66 valence electrons. The van der Waals surface area contributed by atoms with E-state index in [2.05, 4.69) is 5.14 Å². The van der Waals surface area contributed by atoms with E-state index >= 15 is 0 Å².